The first-order valence-electron chi connectivity index (χ1n) is 11.0. The Morgan fingerprint density at radius 2 is 1.62 bits per heavy atom. The molecule has 0 aliphatic heterocycles. The highest BCUT2D eigenvalue weighted by Gasteiger charge is 2.54. The normalized spacial score (nSPS) is 28.8. The molecule has 7 heteroatoms. The number of ether oxygens (including phenoxy) is 1. The molecule has 2 aromatic carbocycles. The minimum Gasteiger partial charge on any atom is -0.489 e. The van der Waals surface area contributed by atoms with Crippen LogP contribution in [0.5, 0.6) is 5.75 Å². The maximum Gasteiger partial charge on any atom is 0.200 e. The highest BCUT2D eigenvalue weighted by Crippen LogP contribution is 2.59. The van der Waals surface area contributed by atoms with Crippen LogP contribution in [0.4, 0.5) is 22.0 Å². The predicted molar refractivity (Wildman–Crippen MR) is 107 cm³/mol. The van der Waals surface area contributed by atoms with Crippen LogP contribution in [0.25, 0.3) is 0 Å². The van der Waals surface area contributed by atoms with Crippen LogP contribution in [0.1, 0.15) is 61.6 Å². The number of benzene rings is 2. The van der Waals surface area contributed by atoms with E-state index in [2.05, 4.69) is 6.92 Å². The van der Waals surface area contributed by atoms with E-state index in [-0.39, 0.29) is 5.41 Å². The van der Waals surface area contributed by atoms with Gasteiger partial charge in [0.25, 0.3) is 0 Å². The molecule has 32 heavy (non-hydrogen) atoms. The van der Waals surface area contributed by atoms with Crippen molar-refractivity contribution in [2.24, 2.45) is 17.3 Å². The Bertz CT molecular complexity index is 1080. The Labute approximate surface area is 182 Å². The maximum atomic E-state index is 13.9. The van der Waals surface area contributed by atoms with Gasteiger partial charge in [-0.05, 0) is 73.1 Å². The van der Waals surface area contributed by atoms with Crippen molar-refractivity contribution in [2.45, 2.75) is 58.0 Å². The molecule has 3 unspecified atom stereocenters. The Morgan fingerprint density at radius 1 is 0.938 bits per heavy atom. The lowest BCUT2D eigenvalue weighted by Crippen LogP contribution is -2.42. The van der Waals surface area contributed by atoms with E-state index in [0.717, 1.165) is 37.7 Å². The molecular weight excluding hydrogens is 427 g/mol. The molecule has 0 radical (unpaired) electrons. The first-order valence-corrected chi connectivity index (χ1v) is 11.0. The molecule has 2 fully saturated rings. The molecule has 5 rings (SSSR count). The average Bonchev–Trinajstić information content (AvgIpc) is 3.10. The lowest BCUT2D eigenvalue weighted by Gasteiger charge is -2.48. The molecule has 2 nitrogen and oxygen atoms in total. The number of carbonyl (C=O) groups excluding carboxylic acids is 1. The summed E-state index contributed by atoms with van der Waals surface area (Å²) in [6.07, 6.45) is 5.22. The Balaban J connectivity index is 1.36. The van der Waals surface area contributed by atoms with E-state index in [0.29, 0.717) is 35.7 Å². The molecule has 0 heterocycles. The second kappa shape index (κ2) is 7.56. The molecule has 0 amide bonds. The first kappa shape index (κ1) is 21.4. The third kappa shape index (κ3) is 3.07. The van der Waals surface area contributed by atoms with Crippen molar-refractivity contribution in [2.75, 3.05) is 0 Å². The fourth-order valence-corrected chi connectivity index (χ4v) is 6.35. The number of carbonyl (C=O) groups is 1. The van der Waals surface area contributed by atoms with Gasteiger partial charge >= 0.3 is 0 Å². The molecule has 0 aromatic heterocycles. The second-order valence-corrected chi connectivity index (χ2v) is 9.53. The molecule has 2 saturated carbocycles. The summed E-state index contributed by atoms with van der Waals surface area (Å²) in [5.41, 5.74) is 1.10. The topological polar surface area (TPSA) is 26.3 Å². The fourth-order valence-electron chi connectivity index (χ4n) is 6.35. The average molecular weight is 450 g/mol. The lowest BCUT2D eigenvalue weighted by atomic mass is 9.55. The van der Waals surface area contributed by atoms with Crippen molar-refractivity contribution in [3.8, 4) is 5.75 Å². The van der Waals surface area contributed by atoms with E-state index in [1.54, 1.807) is 12.1 Å². The molecule has 170 valence electrons. The number of aryl methyl sites for hydroxylation is 1. The summed E-state index contributed by atoms with van der Waals surface area (Å²) in [4.78, 5) is 12.5. The van der Waals surface area contributed by atoms with Crippen LogP contribution in [0.2, 0.25) is 0 Å². The summed E-state index contributed by atoms with van der Waals surface area (Å²) in [5, 5.41) is 0. The van der Waals surface area contributed by atoms with Gasteiger partial charge in [0.2, 0.25) is 5.82 Å². The molecule has 0 saturated heterocycles. The van der Waals surface area contributed by atoms with E-state index in [1.165, 1.54) is 5.56 Å². The predicted octanol–water partition coefficient (Wildman–Crippen LogP) is 6.39. The molecule has 0 bridgehead atoms. The van der Waals surface area contributed by atoms with Gasteiger partial charge in [-0.15, -0.1) is 0 Å². The number of halogens is 5. The van der Waals surface area contributed by atoms with Crippen LogP contribution in [0.15, 0.2) is 18.2 Å². The van der Waals surface area contributed by atoms with Crippen LogP contribution >= 0.6 is 0 Å². The maximum absolute atomic E-state index is 13.9. The number of ketones is 1. The van der Waals surface area contributed by atoms with E-state index in [9.17, 15) is 26.7 Å². The summed E-state index contributed by atoms with van der Waals surface area (Å²) in [7, 11) is 0. The smallest absolute Gasteiger partial charge is 0.200 e. The highest BCUT2D eigenvalue weighted by atomic mass is 19.2. The molecule has 0 N–H and O–H groups in total. The minimum atomic E-state index is -2.18. The molecule has 0 spiro atoms. The number of hydrogen-bond acceptors (Lipinski definition) is 2. The van der Waals surface area contributed by atoms with Crippen LogP contribution in [-0.4, -0.2) is 5.78 Å². The van der Waals surface area contributed by atoms with Gasteiger partial charge in [0.05, 0.1) is 5.56 Å². The van der Waals surface area contributed by atoms with Crippen molar-refractivity contribution in [1.82, 2.24) is 0 Å². The molecule has 4 atom stereocenters. The minimum absolute atomic E-state index is 0.199. The van der Waals surface area contributed by atoms with Crippen LogP contribution in [0, 0.1) is 46.3 Å². The SMILES string of the molecule is C[C@@]12CCC3c4ccc(OCc5c(F)c(F)c(F)c(F)c5F)cc4CCC3C1CCC2=O. The Morgan fingerprint density at radius 3 is 2.34 bits per heavy atom. The zero-order valence-electron chi connectivity index (χ0n) is 17.6. The first-order chi connectivity index (χ1) is 15.2. The second-order valence-electron chi connectivity index (χ2n) is 9.53. The fraction of sp³-hybridized carbons (Fsp3) is 0.480. The zero-order valence-corrected chi connectivity index (χ0v) is 17.6. The monoisotopic (exact) mass is 450 g/mol. The zero-order chi connectivity index (χ0) is 22.8. The third-order valence-corrected chi connectivity index (χ3v) is 8.09. The van der Waals surface area contributed by atoms with Gasteiger partial charge in [-0.3, -0.25) is 4.79 Å². The Kier molecular flexibility index (Phi) is 5.06. The number of fused-ring (bicyclic) bond motifs is 5. The van der Waals surface area contributed by atoms with Gasteiger partial charge in [-0.1, -0.05) is 13.0 Å². The summed E-state index contributed by atoms with van der Waals surface area (Å²) in [6, 6.07) is 5.42. The van der Waals surface area contributed by atoms with E-state index in [4.69, 9.17) is 4.74 Å². The van der Waals surface area contributed by atoms with E-state index >= 15 is 0 Å². The van der Waals surface area contributed by atoms with Crippen molar-refractivity contribution >= 4 is 5.78 Å². The van der Waals surface area contributed by atoms with Crippen LogP contribution in [-0.2, 0) is 17.8 Å². The highest BCUT2D eigenvalue weighted by molar-refractivity contribution is 5.87. The molecular formula is C25H23F5O2. The number of hydrogen-bond donors (Lipinski definition) is 0. The standard InChI is InChI=1S/C25H23F5O2/c1-25-9-8-15-14-5-3-13(10-12(14)2-4-16(15)18(25)6-7-19(25)31)32-11-17-20(26)22(28)24(30)23(29)21(17)27/h3,5,10,15-16,18H,2,4,6-9,11H2,1H3/t15?,16?,18?,25-/m1/s1. The summed E-state index contributed by atoms with van der Waals surface area (Å²) in [5.74, 6) is -7.93. The lowest BCUT2D eigenvalue weighted by molar-refractivity contribution is -0.129. The van der Waals surface area contributed by atoms with Crippen molar-refractivity contribution < 1.29 is 31.5 Å². The van der Waals surface area contributed by atoms with Gasteiger partial charge in [0.1, 0.15) is 18.1 Å². The van der Waals surface area contributed by atoms with E-state index < -0.39 is 41.3 Å². The van der Waals surface area contributed by atoms with Crippen molar-refractivity contribution in [3.63, 3.8) is 0 Å². The number of Topliss-reactive ketones (excluding diaryl/α,β-unsaturated/α-hetero) is 1. The molecule has 2 aromatic rings. The van der Waals surface area contributed by atoms with Crippen LogP contribution < -0.4 is 4.74 Å². The van der Waals surface area contributed by atoms with Gasteiger partial charge in [0.15, 0.2) is 23.3 Å². The third-order valence-electron chi connectivity index (χ3n) is 8.09. The quantitative estimate of drug-likeness (QED) is 0.308. The summed E-state index contributed by atoms with van der Waals surface area (Å²) >= 11 is 0. The van der Waals surface area contributed by atoms with E-state index in [1.807, 2.05) is 6.07 Å². The Hall–Kier alpha value is -2.44. The van der Waals surface area contributed by atoms with Crippen molar-refractivity contribution in [1.29, 1.82) is 0 Å². The summed E-state index contributed by atoms with van der Waals surface area (Å²) < 4.78 is 73.3. The van der Waals surface area contributed by atoms with Gasteiger partial charge in [-0.2, -0.15) is 0 Å². The van der Waals surface area contributed by atoms with Gasteiger partial charge in [0, 0.05) is 11.8 Å². The molecule has 3 aliphatic carbocycles. The largest absolute Gasteiger partial charge is 0.489 e. The van der Waals surface area contributed by atoms with Crippen molar-refractivity contribution in [3.05, 3.63) is 64.0 Å². The van der Waals surface area contributed by atoms with Gasteiger partial charge in [-0.25, -0.2) is 22.0 Å². The molecule has 3 aliphatic rings. The summed E-state index contributed by atoms with van der Waals surface area (Å²) in [6.45, 7) is 1.36. The van der Waals surface area contributed by atoms with Gasteiger partial charge < -0.3 is 4.74 Å². The number of rotatable bonds is 3. The van der Waals surface area contributed by atoms with Crippen LogP contribution in [0.3, 0.4) is 0 Å².